The largest absolute Gasteiger partial charge is 0.461 e. The van der Waals surface area contributed by atoms with Gasteiger partial charge in [0.15, 0.2) is 0 Å². The summed E-state index contributed by atoms with van der Waals surface area (Å²) in [7, 11) is 0. The van der Waals surface area contributed by atoms with Crippen LogP contribution in [0.25, 0.3) is 0 Å². The number of nitrogens with one attached hydrogen (secondary N) is 2. The Kier molecular flexibility index (Phi) is 6.68. The Labute approximate surface area is 163 Å². The molecule has 0 aromatic heterocycles. The van der Waals surface area contributed by atoms with E-state index in [1.807, 2.05) is 0 Å². The van der Waals surface area contributed by atoms with Crippen molar-refractivity contribution in [2.24, 2.45) is 0 Å². The Balaban J connectivity index is 2.40. The maximum Gasteiger partial charge on any atom is 0.460 e. The number of hydrogen-bond donors (Lipinski definition) is 2. The number of amides is 2. The average molecular weight is 414 g/mol. The molecular formula is C19H18F4N2O4. The van der Waals surface area contributed by atoms with Gasteiger partial charge in [0, 0.05) is 5.69 Å². The van der Waals surface area contributed by atoms with E-state index in [2.05, 4.69) is 10.1 Å². The van der Waals surface area contributed by atoms with Crippen molar-refractivity contribution in [3.8, 4) is 5.75 Å². The molecule has 156 valence electrons. The zero-order valence-corrected chi connectivity index (χ0v) is 15.5. The molecule has 0 radical (unpaired) electrons. The zero-order chi connectivity index (χ0) is 21.7. The number of urea groups is 1. The van der Waals surface area contributed by atoms with Crippen LogP contribution in [0.3, 0.4) is 0 Å². The minimum atomic E-state index is -5.39. The van der Waals surface area contributed by atoms with Crippen molar-refractivity contribution in [3.05, 3.63) is 59.9 Å². The highest BCUT2D eigenvalue weighted by atomic mass is 19.4. The van der Waals surface area contributed by atoms with E-state index in [4.69, 9.17) is 4.74 Å². The molecule has 2 aromatic carbocycles. The third kappa shape index (κ3) is 5.15. The van der Waals surface area contributed by atoms with Gasteiger partial charge >= 0.3 is 23.9 Å². The summed E-state index contributed by atoms with van der Waals surface area (Å²) in [5.74, 6) is -2.90. The first-order chi connectivity index (χ1) is 13.6. The lowest BCUT2D eigenvalue weighted by Crippen LogP contribution is -2.69. The Bertz CT molecular complexity index is 874. The smallest absolute Gasteiger partial charge is 0.460 e. The number of hydrogen-bond acceptors (Lipinski definition) is 4. The van der Waals surface area contributed by atoms with Gasteiger partial charge in [-0.2, -0.15) is 13.2 Å². The molecule has 2 N–H and O–H groups in total. The number of halogens is 4. The van der Waals surface area contributed by atoms with Gasteiger partial charge in [0.1, 0.15) is 11.6 Å². The highest BCUT2D eigenvalue weighted by Crippen LogP contribution is 2.34. The van der Waals surface area contributed by atoms with Crippen LogP contribution in [0, 0.1) is 12.7 Å². The third-order valence-electron chi connectivity index (χ3n) is 3.71. The van der Waals surface area contributed by atoms with E-state index < -0.39 is 29.7 Å². The maximum absolute atomic E-state index is 13.9. The summed E-state index contributed by atoms with van der Waals surface area (Å²) < 4.78 is 64.6. The van der Waals surface area contributed by atoms with Crippen molar-refractivity contribution in [1.29, 1.82) is 0 Å². The summed E-state index contributed by atoms with van der Waals surface area (Å²) in [4.78, 5) is 24.6. The van der Waals surface area contributed by atoms with Crippen LogP contribution < -0.4 is 15.4 Å². The minimum absolute atomic E-state index is 0.0813. The number of alkyl halides is 3. The second kappa shape index (κ2) is 8.80. The normalized spacial score (nSPS) is 13.2. The van der Waals surface area contributed by atoms with Crippen molar-refractivity contribution in [1.82, 2.24) is 5.32 Å². The number of carbonyl (C=O) groups excluding carboxylic acids is 2. The van der Waals surface area contributed by atoms with E-state index >= 15 is 0 Å². The molecule has 0 aliphatic rings. The summed E-state index contributed by atoms with van der Waals surface area (Å²) in [5.41, 5.74) is -3.52. The van der Waals surface area contributed by atoms with Gasteiger partial charge in [-0.1, -0.05) is 24.3 Å². The molecular weight excluding hydrogens is 396 g/mol. The summed E-state index contributed by atoms with van der Waals surface area (Å²) in [6.07, 6.45) is -5.39. The van der Waals surface area contributed by atoms with Gasteiger partial charge in [-0.3, -0.25) is 5.32 Å². The zero-order valence-electron chi connectivity index (χ0n) is 15.5. The molecule has 6 nitrogen and oxygen atoms in total. The van der Waals surface area contributed by atoms with E-state index in [1.54, 1.807) is 0 Å². The predicted molar refractivity (Wildman–Crippen MR) is 95.8 cm³/mol. The van der Waals surface area contributed by atoms with Crippen LogP contribution in [0.5, 0.6) is 5.75 Å². The Morgan fingerprint density at radius 3 is 2.31 bits per heavy atom. The van der Waals surface area contributed by atoms with E-state index in [0.717, 1.165) is 12.1 Å². The number of esters is 1. The van der Waals surface area contributed by atoms with Crippen LogP contribution in [0.1, 0.15) is 12.5 Å². The molecule has 0 bridgehead atoms. The number of para-hydroxylation sites is 1. The third-order valence-corrected chi connectivity index (χ3v) is 3.71. The first-order valence-corrected chi connectivity index (χ1v) is 8.42. The van der Waals surface area contributed by atoms with Crippen molar-refractivity contribution in [2.45, 2.75) is 25.7 Å². The fraction of sp³-hybridized carbons (Fsp3) is 0.263. The van der Waals surface area contributed by atoms with Gasteiger partial charge < -0.3 is 14.8 Å². The lowest BCUT2D eigenvalue weighted by Gasteiger charge is -2.34. The first kappa shape index (κ1) is 22.0. The number of carbonyl (C=O) groups is 2. The second-order valence-corrected chi connectivity index (χ2v) is 5.85. The molecule has 0 aliphatic carbocycles. The van der Waals surface area contributed by atoms with E-state index in [9.17, 15) is 27.2 Å². The van der Waals surface area contributed by atoms with Crippen LogP contribution in [-0.2, 0) is 9.53 Å². The fourth-order valence-electron chi connectivity index (χ4n) is 2.30. The number of anilines is 1. The van der Waals surface area contributed by atoms with Gasteiger partial charge in [-0.15, -0.1) is 0 Å². The van der Waals surface area contributed by atoms with Gasteiger partial charge in [0.25, 0.3) is 0 Å². The fourth-order valence-corrected chi connectivity index (χ4v) is 2.30. The monoisotopic (exact) mass is 414 g/mol. The number of ether oxygens (including phenoxy) is 2. The van der Waals surface area contributed by atoms with E-state index in [-0.39, 0.29) is 18.0 Å². The van der Waals surface area contributed by atoms with Crippen molar-refractivity contribution in [3.63, 3.8) is 0 Å². The lowest BCUT2D eigenvalue weighted by molar-refractivity contribution is -0.259. The first-order valence-electron chi connectivity index (χ1n) is 8.42. The summed E-state index contributed by atoms with van der Waals surface area (Å²) in [6.45, 7) is 2.43. The molecule has 2 rings (SSSR count). The highest BCUT2D eigenvalue weighted by Gasteiger charge is 2.66. The Morgan fingerprint density at radius 1 is 1.07 bits per heavy atom. The van der Waals surface area contributed by atoms with Crippen LogP contribution in [0.15, 0.2) is 48.5 Å². The summed E-state index contributed by atoms with van der Waals surface area (Å²) >= 11 is 0. The molecule has 0 spiro atoms. The molecule has 1 atom stereocenters. The molecule has 0 fully saturated rings. The Hall–Kier alpha value is -3.30. The second-order valence-electron chi connectivity index (χ2n) is 5.85. The summed E-state index contributed by atoms with van der Waals surface area (Å²) in [6, 6.07) is 8.58. The molecule has 0 aliphatic heterocycles. The quantitative estimate of drug-likeness (QED) is 0.423. The van der Waals surface area contributed by atoms with Gasteiger partial charge in [-0.25, -0.2) is 14.0 Å². The number of benzene rings is 2. The molecule has 0 unspecified atom stereocenters. The Morgan fingerprint density at radius 2 is 1.72 bits per heavy atom. The summed E-state index contributed by atoms with van der Waals surface area (Å²) in [5, 5.41) is 3.59. The molecule has 0 heterocycles. The van der Waals surface area contributed by atoms with Gasteiger partial charge in [-0.05, 0) is 43.7 Å². The minimum Gasteiger partial charge on any atom is -0.461 e. The van der Waals surface area contributed by atoms with Crippen LogP contribution in [0.4, 0.5) is 28.0 Å². The van der Waals surface area contributed by atoms with Crippen LogP contribution in [0.2, 0.25) is 0 Å². The topological polar surface area (TPSA) is 76.7 Å². The van der Waals surface area contributed by atoms with Crippen molar-refractivity contribution >= 4 is 17.7 Å². The van der Waals surface area contributed by atoms with E-state index in [0.29, 0.717) is 5.56 Å². The van der Waals surface area contributed by atoms with Crippen molar-refractivity contribution < 1.29 is 36.6 Å². The number of aryl methyl sites for hydroxylation is 1. The molecule has 2 aromatic rings. The van der Waals surface area contributed by atoms with Crippen LogP contribution in [-0.4, -0.2) is 30.5 Å². The van der Waals surface area contributed by atoms with E-state index in [1.165, 1.54) is 55.6 Å². The van der Waals surface area contributed by atoms with Crippen LogP contribution >= 0.6 is 0 Å². The number of rotatable bonds is 6. The molecule has 2 amide bonds. The standard InChI is InChI=1S/C19H18F4N2O4/c1-3-28-16(26)18(19(21,22)23,29-14-7-5-4-6-8-14)25-17(27)24-15-11-13(20)10-9-12(15)2/h4-11H,3H2,1-2H3,(H2,24,25,27)/t18-/m1/s1. The predicted octanol–water partition coefficient (Wildman–Crippen LogP) is 4.16. The molecule has 10 heteroatoms. The average Bonchev–Trinajstić information content (AvgIpc) is 2.64. The van der Waals surface area contributed by atoms with Gasteiger partial charge in [0.2, 0.25) is 0 Å². The molecule has 0 saturated heterocycles. The lowest BCUT2D eigenvalue weighted by atomic mass is 10.2. The molecule has 0 saturated carbocycles. The molecule has 29 heavy (non-hydrogen) atoms. The van der Waals surface area contributed by atoms with Gasteiger partial charge in [0.05, 0.1) is 6.61 Å². The highest BCUT2D eigenvalue weighted by molar-refractivity contribution is 5.94. The van der Waals surface area contributed by atoms with Crippen molar-refractivity contribution in [2.75, 3.05) is 11.9 Å². The maximum atomic E-state index is 13.9. The SMILES string of the molecule is CCOC(=O)[C@@](NC(=O)Nc1cc(F)ccc1C)(Oc1ccccc1)C(F)(F)F.